The highest BCUT2D eigenvalue weighted by atomic mass is 32.2. The largest absolute Gasteiger partial charge is 0.494 e. The lowest BCUT2D eigenvalue weighted by atomic mass is 10.2. The molecule has 0 aliphatic heterocycles. The van der Waals surface area contributed by atoms with E-state index >= 15 is 0 Å². The summed E-state index contributed by atoms with van der Waals surface area (Å²) in [5.74, 6) is 0.501. The van der Waals surface area contributed by atoms with Gasteiger partial charge in [0.2, 0.25) is 10.0 Å². The van der Waals surface area contributed by atoms with E-state index in [4.69, 9.17) is 9.15 Å². The van der Waals surface area contributed by atoms with E-state index in [1.54, 1.807) is 36.4 Å². The summed E-state index contributed by atoms with van der Waals surface area (Å²) in [7, 11) is -3.69. The maximum atomic E-state index is 12.3. The van der Waals surface area contributed by atoms with Crippen LogP contribution in [0.3, 0.4) is 0 Å². The zero-order valence-electron chi connectivity index (χ0n) is 14.7. The fraction of sp³-hybridized carbons (Fsp3) is 0.294. The van der Waals surface area contributed by atoms with E-state index in [2.05, 4.69) is 10.5 Å². The van der Waals surface area contributed by atoms with Crippen LogP contribution in [0, 0.1) is 0 Å². The number of rotatable bonds is 8. The minimum absolute atomic E-state index is 0.355. The van der Waals surface area contributed by atoms with E-state index in [-0.39, 0.29) is 0 Å². The predicted molar refractivity (Wildman–Crippen MR) is 98.8 cm³/mol. The molecule has 26 heavy (non-hydrogen) atoms. The van der Waals surface area contributed by atoms with Gasteiger partial charge in [0.15, 0.2) is 0 Å². The van der Waals surface area contributed by atoms with Crippen molar-refractivity contribution in [2.45, 2.75) is 19.9 Å². The molecule has 140 valence electrons. The number of amides is 1. The molecule has 0 aliphatic carbocycles. The number of anilines is 1. The number of hydrazone groups is 1. The van der Waals surface area contributed by atoms with Crippen LogP contribution in [-0.2, 0) is 14.8 Å². The number of furan rings is 1. The van der Waals surface area contributed by atoms with E-state index < -0.39 is 22.0 Å². The van der Waals surface area contributed by atoms with E-state index in [0.717, 1.165) is 10.6 Å². The molecular weight excluding hydrogens is 358 g/mol. The van der Waals surface area contributed by atoms with Crippen molar-refractivity contribution in [3.8, 4) is 5.75 Å². The molecule has 1 heterocycles. The van der Waals surface area contributed by atoms with Gasteiger partial charge in [0.1, 0.15) is 17.6 Å². The average molecular weight is 379 g/mol. The standard InChI is InChI=1S/C17H21N3O5S/c1-4-24-15-9-7-14(8-10-15)20(26(3,22)23)13(2)17(21)19-18-12-16-6-5-11-25-16/h5-13H,4H2,1-3H3,(H,19,21). The minimum atomic E-state index is -3.69. The molecule has 1 N–H and O–H groups in total. The van der Waals surface area contributed by atoms with Crippen LogP contribution in [0.25, 0.3) is 0 Å². The second-order valence-electron chi connectivity index (χ2n) is 5.41. The third-order valence-corrected chi connectivity index (χ3v) is 4.64. The summed E-state index contributed by atoms with van der Waals surface area (Å²) in [5, 5.41) is 3.77. The summed E-state index contributed by atoms with van der Waals surface area (Å²) in [5.41, 5.74) is 2.67. The maximum Gasteiger partial charge on any atom is 0.263 e. The van der Waals surface area contributed by atoms with Crippen molar-refractivity contribution >= 4 is 27.8 Å². The summed E-state index contributed by atoms with van der Waals surface area (Å²) < 4.78 is 35.9. The Morgan fingerprint density at radius 1 is 1.35 bits per heavy atom. The predicted octanol–water partition coefficient (Wildman–Crippen LogP) is 1.98. The Labute approximate surface area is 152 Å². The number of benzene rings is 1. The van der Waals surface area contributed by atoms with E-state index in [1.807, 2.05) is 6.92 Å². The molecule has 1 unspecified atom stereocenters. The Hall–Kier alpha value is -2.81. The lowest BCUT2D eigenvalue weighted by molar-refractivity contribution is -0.121. The summed E-state index contributed by atoms with van der Waals surface area (Å²) in [6.07, 6.45) is 3.84. The molecule has 1 amide bonds. The maximum absolute atomic E-state index is 12.3. The first-order valence-corrected chi connectivity index (χ1v) is 9.76. The van der Waals surface area contributed by atoms with E-state index in [9.17, 15) is 13.2 Å². The molecule has 8 nitrogen and oxygen atoms in total. The van der Waals surface area contributed by atoms with E-state index in [0.29, 0.717) is 23.8 Å². The third-order valence-electron chi connectivity index (χ3n) is 3.40. The van der Waals surface area contributed by atoms with E-state index in [1.165, 1.54) is 19.4 Å². The van der Waals surface area contributed by atoms with Crippen LogP contribution in [0.5, 0.6) is 5.75 Å². The zero-order chi connectivity index (χ0) is 19.2. The van der Waals surface area contributed by atoms with Gasteiger partial charge < -0.3 is 9.15 Å². The molecule has 1 aromatic heterocycles. The molecule has 0 fully saturated rings. The van der Waals surface area contributed by atoms with Crippen molar-refractivity contribution in [3.05, 3.63) is 48.4 Å². The number of carbonyl (C=O) groups is 1. The van der Waals surface area contributed by atoms with Gasteiger partial charge in [0, 0.05) is 0 Å². The van der Waals surface area contributed by atoms with Crippen molar-refractivity contribution in [2.75, 3.05) is 17.2 Å². The summed E-state index contributed by atoms with van der Waals surface area (Å²) in [4.78, 5) is 12.3. The molecule has 0 bridgehead atoms. The minimum Gasteiger partial charge on any atom is -0.494 e. The molecule has 0 saturated heterocycles. The van der Waals surface area contributed by atoms with Gasteiger partial charge in [-0.15, -0.1) is 0 Å². The molecule has 0 spiro atoms. The van der Waals surface area contributed by atoms with Gasteiger partial charge in [-0.25, -0.2) is 13.8 Å². The molecule has 9 heteroatoms. The van der Waals surface area contributed by atoms with Crippen LogP contribution in [0.15, 0.2) is 52.2 Å². The number of nitrogens with zero attached hydrogens (tertiary/aromatic N) is 2. The van der Waals surface area contributed by atoms with Crippen LogP contribution in [0.1, 0.15) is 19.6 Å². The number of carbonyl (C=O) groups excluding carboxylic acids is 1. The number of hydrogen-bond donors (Lipinski definition) is 1. The smallest absolute Gasteiger partial charge is 0.263 e. The van der Waals surface area contributed by atoms with Gasteiger partial charge in [-0.1, -0.05) is 0 Å². The first kappa shape index (κ1) is 19.5. The van der Waals surface area contributed by atoms with Crippen LogP contribution in [0.4, 0.5) is 5.69 Å². The van der Waals surface area contributed by atoms with Gasteiger partial charge in [0.25, 0.3) is 5.91 Å². The molecule has 2 rings (SSSR count). The van der Waals surface area contributed by atoms with Crippen LogP contribution in [-0.4, -0.2) is 39.4 Å². The molecular formula is C17H21N3O5S. The van der Waals surface area contributed by atoms with Gasteiger partial charge in [-0.3, -0.25) is 9.10 Å². The summed E-state index contributed by atoms with van der Waals surface area (Å²) in [6, 6.07) is 8.82. The van der Waals surface area contributed by atoms with Crippen LogP contribution >= 0.6 is 0 Å². The Balaban J connectivity index is 2.16. The second-order valence-corrected chi connectivity index (χ2v) is 7.27. The normalized spacial score (nSPS) is 12.7. The average Bonchev–Trinajstić information content (AvgIpc) is 3.09. The molecule has 1 aromatic carbocycles. The van der Waals surface area contributed by atoms with Crippen molar-refractivity contribution in [2.24, 2.45) is 5.10 Å². The van der Waals surface area contributed by atoms with Crippen molar-refractivity contribution < 1.29 is 22.4 Å². The number of nitrogens with one attached hydrogen (secondary N) is 1. The second kappa shape index (κ2) is 8.52. The Morgan fingerprint density at radius 3 is 2.58 bits per heavy atom. The topological polar surface area (TPSA) is 101 Å². The zero-order valence-corrected chi connectivity index (χ0v) is 15.6. The Bertz CT molecular complexity index is 845. The molecule has 2 aromatic rings. The summed E-state index contributed by atoms with van der Waals surface area (Å²) >= 11 is 0. The molecule has 0 radical (unpaired) electrons. The first-order chi connectivity index (χ1) is 12.3. The quantitative estimate of drug-likeness (QED) is 0.558. The first-order valence-electron chi connectivity index (χ1n) is 7.91. The van der Waals surface area contributed by atoms with Crippen LogP contribution < -0.4 is 14.5 Å². The molecule has 1 atom stereocenters. The van der Waals surface area contributed by atoms with Gasteiger partial charge in [-0.05, 0) is 50.2 Å². The number of ether oxygens (including phenoxy) is 1. The highest BCUT2D eigenvalue weighted by Gasteiger charge is 2.29. The Kier molecular flexibility index (Phi) is 6.40. The third kappa shape index (κ3) is 5.09. The molecule has 0 aliphatic rings. The van der Waals surface area contributed by atoms with Crippen molar-refractivity contribution in [1.82, 2.24) is 5.43 Å². The lowest BCUT2D eigenvalue weighted by Crippen LogP contribution is -2.46. The Morgan fingerprint density at radius 2 is 2.04 bits per heavy atom. The van der Waals surface area contributed by atoms with Gasteiger partial charge in [-0.2, -0.15) is 5.10 Å². The summed E-state index contributed by atoms with van der Waals surface area (Å²) in [6.45, 7) is 3.84. The SMILES string of the molecule is CCOc1ccc(N(C(C)C(=O)NN=Cc2ccco2)S(C)(=O)=O)cc1. The number of hydrogen-bond acceptors (Lipinski definition) is 6. The van der Waals surface area contributed by atoms with Gasteiger partial charge >= 0.3 is 0 Å². The fourth-order valence-electron chi connectivity index (χ4n) is 2.28. The van der Waals surface area contributed by atoms with Crippen LogP contribution in [0.2, 0.25) is 0 Å². The monoisotopic (exact) mass is 379 g/mol. The highest BCUT2D eigenvalue weighted by molar-refractivity contribution is 7.92. The molecule has 0 saturated carbocycles. The highest BCUT2D eigenvalue weighted by Crippen LogP contribution is 2.24. The van der Waals surface area contributed by atoms with Gasteiger partial charge in [0.05, 0.1) is 31.0 Å². The van der Waals surface area contributed by atoms with Crippen molar-refractivity contribution in [1.29, 1.82) is 0 Å². The number of sulfonamides is 1. The lowest BCUT2D eigenvalue weighted by Gasteiger charge is -2.27. The van der Waals surface area contributed by atoms with Crippen molar-refractivity contribution in [3.63, 3.8) is 0 Å². The fourth-order valence-corrected chi connectivity index (χ4v) is 3.46.